The largest absolute Gasteiger partial charge is 0.330 e. The van der Waals surface area contributed by atoms with Crippen LogP contribution in [0.15, 0.2) is 33.9 Å². The van der Waals surface area contributed by atoms with Gasteiger partial charge in [0.15, 0.2) is 11.2 Å². The van der Waals surface area contributed by atoms with Crippen molar-refractivity contribution in [1.29, 1.82) is 5.26 Å². The number of carbonyl (C=O) groups is 1. The number of aryl methyl sites for hydroxylation is 3. The van der Waals surface area contributed by atoms with Gasteiger partial charge in [0.1, 0.15) is 5.82 Å². The number of nitrogens with zero attached hydrogens (tertiary/aromatic N) is 4. The highest BCUT2D eigenvalue weighted by atomic mass is 16.2. The summed E-state index contributed by atoms with van der Waals surface area (Å²) in [5.41, 5.74) is 0.953. The first-order valence-electron chi connectivity index (χ1n) is 10.5. The number of amides is 1. The molecule has 2 heterocycles. The quantitative estimate of drug-likeness (QED) is 0.548. The van der Waals surface area contributed by atoms with Gasteiger partial charge in [0, 0.05) is 31.6 Å². The van der Waals surface area contributed by atoms with E-state index in [0.29, 0.717) is 47.7 Å². The second-order valence-electron chi connectivity index (χ2n) is 7.35. The van der Waals surface area contributed by atoms with Crippen LogP contribution in [-0.4, -0.2) is 25.0 Å². The predicted molar refractivity (Wildman–Crippen MR) is 118 cm³/mol. The number of anilines is 1. The van der Waals surface area contributed by atoms with Crippen molar-refractivity contribution in [3.63, 3.8) is 0 Å². The van der Waals surface area contributed by atoms with Crippen LogP contribution in [0.3, 0.4) is 0 Å². The lowest BCUT2D eigenvalue weighted by molar-refractivity contribution is -0.116. The maximum atomic E-state index is 12.6. The zero-order valence-electron chi connectivity index (χ0n) is 17.8. The van der Waals surface area contributed by atoms with E-state index in [9.17, 15) is 14.4 Å². The van der Waals surface area contributed by atoms with Crippen molar-refractivity contribution >= 4 is 22.8 Å². The molecule has 0 aliphatic heterocycles. The van der Waals surface area contributed by atoms with Crippen LogP contribution in [0.2, 0.25) is 0 Å². The van der Waals surface area contributed by atoms with Crippen molar-refractivity contribution in [2.24, 2.45) is 0 Å². The molecule has 0 bridgehead atoms. The summed E-state index contributed by atoms with van der Waals surface area (Å²) in [6.07, 6.45) is 3.02. The van der Waals surface area contributed by atoms with Gasteiger partial charge in [0.05, 0.1) is 11.6 Å². The fourth-order valence-corrected chi connectivity index (χ4v) is 3.47. The van der Waals surface area contributed by atoms with Crippen LogP contribution in [0, 0.1) is 11.3 Å². The Bertz CT molecular complexity index is 1230. The molecule has 3 rings (SSSR count). The Labute approximate surface area is 179 Å². The number of benzene rings is 1. The van der Waals surface area contributed by atoms with E-state index < -0.39 is 11.2 Å². The van der Waals surface area contributed by atoms with Crippen LogP contribution in [0.1, 0.15) is 50.9 Å². The van der Waals surface area contributed by atoms with Crippen LogP contribution in [-0.2, 0) is 24.3 Å². The van der Waals surface area contributed by atoms with Gasteiger partial charge < -0.3 is 9.88 Å². The van der Waals surface area contributed by atoms with E-state index in [1.807, 2.05) is 17.6 Å². The average molecular weight is 422 g/mol. The van der Waals surface area contributed by atoms with Crippen molar-refractivity contribution < 1.29 is 4.79 Å². The molecule has 0 saturated carbocycles. The molecule has 9 heteroatoms. The molecule has 0 radical (unpaired) electrons. The van der Waals surface area contributed by atoms with Crippen LogP contribution in [0.5, 0.6) is 0 Å². The number of unbranched alkanes of at least 4 members (excludes halogenated alkanes) is 1. The molecule has 0 atom stereocenters. The number of H-pyrrole nitrogens is 1. The molecule has 0 saturated heterocycles. The topological polar surface area (TPSA) is 126 Å². The van der Waals surface area contributed by atoms with Gasteiger partial charge in [-0.25, -0.2) is 9.78 Å². The number of hydrogen-bond acceptors (Lipinski definition) is 5. The third kappa shape index (κ3) is 4.91. The molecule has 1 amide bonds. The fourth-order valence-electron chi connectivity index (χ4n) is 3.47. The average Bonchev–Trinajstić information content (AvgIpc) is 3.13. The van der Waals surface area contributed by atoms with E-state index in [2.05, 4.69) is 22.2 Å². The summed E-state index contributed by atoms with van der Waals surface area (Å²) < 4.78 is 3.32. The van der Waals surface area contributed by atoms with Crippen molar-refractivity contribution in [3.8, 4) is 6.07 Å². The highest BCUT2D eigenvalue weighted by Crippen LogP contribution is 2.16. The Balaban J connectivity index is 1.87. The van der Waals surface area contributed by atoms with Crippen molar-refractivity contribution in [3.05, 3.63) is 56.5 Å². The molecule has 1 aromatic carbocycles. The zero-order valence-corrected chi connectivity index (χ0v) is 17.8. The molecule has 2 aromatic heterocycles. The van der Waals surface area contributed by atoms with Crippen LogP contribution >= 0.6 is 0 Å². The Morgan fingerprint density at radius 1 is 1.13 bits per heavy atom. The second-order valence-corrected chi connectivity index (χ2v) is 7.35. The molecule has 3 aromatic rings. The van der Waals surface area contributed by atoms with Gasteiger partial charge in [-0.1, -0.05) is 20.3 Å². The first-order valence-corrected chi connectivity index (χ1v) is 10.5. The van der Waals surface area contributed by atoms with Gasteiger partial charge >= 0.3 is 5.69 Å². The van der Waals surface area contributed by atoms with Crippen LogP contribution < -0.4 is 16.6 Å². The molecule has 0 spiro atoms. The Morgan fingerprint density at radius 3 is 2.52 bits per heavy atom. The van der Waals surface area contributed by atoms with Gasteiger partial charge in [-0.2, -0.15) is 5.26 Å². The first-order chi connectivity index (χ1) is 15.0. The standard InChI is InChI=1S/C22H26N6O3/c1-3-5-13-27-17(10-11-18(29)24-16-8-6-15(14-23)7-9-16)25-20-19(27)21(30)26-22(31)28(20)12-4-2/h6-9H,3-5,10-13H2,1-2H3,(H,24,29)(H,26,30,31). The summed E-state index contributed by atoms with van der Waals surface area (Å²) in [6, 6.07) is 8.66. The minimum absolute atomic E-state index is 0.172. The summed E-state index contributed by atoms with van der Waals surface area (Å²) in [5.74, 6) is 0.415. The third-order valence-corrected chi connectivity index (χ3v) is 5.02. The van der Waals surface area contributed by atoms with E-state index in [0.717, 1.165) is 19.3 Å². The van der Waals surface area contributed by atoms with Crippen LogP contribution in [0.25, 0.3) is 11.2 Å². The van der Waals surface area contributed by atoms with E-state index in [1.165, 1.54) is 4.57 Å². The van der Waals surface area contributed by atoms with E-state index >= 15 is 0 Å². The van der Waals surface area contributed by atoms with Gasteiger partial charge in [-0.05, 0) is 37.1 Å². The minimum atomic E-state index is -0.468. The monoisotopic (exact) mass is 422 g/mol. The van der Waals surface area contributed by atoms with Gasteiger partial charge in [0.25, 0.3) is 5.56 Å². The Hall–Kier alpha value is -3.67. The minimum Gasteiger partial charge on any atom is -0.326 e. The number of aromatic nitrogens is 4. The number of aromatic amines is 1. The second kappa shape index (κ2) is 9.89. The maximum Gasteiger partial charge on any atom is 0.330 e. The van der Waals surface area contributed by atoms with Gasteiger partial charge in [-0.3, -0.25) is 19.1 Å². The van der Waals surface area contributed by atoms with Crippen LogP contribution in [0.4, 0.5) is 5.69 Å². The molecule has 2 N–H and O–H groups in total. The molecule has 0 fully saturated rings. The summed E-state index contributed by atoms with van der Waals surface area (Å²) in [6.45, 7) is 5.05. The summed E-state index contributed by atoms with van der Waals surface area (Å²) >= 11 is 0. The highest BCUT2D eigenvalue weighted by Gasteiger charge is 2.18. The number of hydrogen-bond donors (Lipinski definition) is 2. The number of carbonyl (C=O) groups excluding carboxylic acids is 1. The summed E-state index contributed by atoms with van der Waals surface area (Å²) in [4.78, 5) is 44.2. The van der Waals surface area contributed by atoms with E-state index in [1.54, 1.807) is 24.3 Å². The molecular weight excluding hydrogens is 396 g/mol. The molecular formula is C22H26N6O3. The van der Waals surface area contributed by atoms with Gasteiger partial charge in [-0.15, -0.1) is 0 Å². The summed E-state index contributed by atoms with van der Waals surface area (Å²) in [7, 11) is 0. The predicted octanol–water partition coefficient (Wildman–Crippen LogP) is 2.54. The molecule has 31 heavy (non-hydrogen) atoms. The Kier molecular flexibility index (Phi) is 7.03. The lowest BCUT2D eigenvalue weighted by Crippen LogP contribution is -2.31. The lowest BCUT2D eigenvalue weighted by Gasteiger charge is -2.09. The summed E-state index contributed by atoms with van der Waals surface area (Å²) in [5, 5.41) is 11.7. The maximum absolute atomic E-state index is 12.6. The zero-order chi connectivity index (χ0) is 22.4. The van der Waals surface area contributed by atoms with Crippen molar-refractivity contribution in [1.82, 2.24) is 19.1 Å². The molecule has 0 aliphatic carbocycles. The molecule has 9 nitrogen and oxygen atoms in total. The molecule has 0 unspecified atom stereocenters. The third-order valence-electron chi connectivity index (χ3n) is 5.02. The number of fused-ring (bicyclic) bond motifs is 1. The van der Waals surface area contributed by atoms with Gasteiger partial charge in [0.2, 0.25) is 5.91 Å². The lowest BCUT2D eigenvalue weighted by atomic mass is 10.2. The first kappa shape index (κ1) is 22.0. The van der Waals surface area contributed by atoms with Crippen molar-refractivity contribution in [2.75, 3.05) is 5.32 Å². The number of nitriles is 1. The van der Waals surface area contributed by atoms with E-state index in [4.69, 9.17) is 5.26 Å². The smallest absolute Gasteiger partial charge is 0.326 e. The highest BCUT2D eigenvalue weighted by molar-refractivity contribution is 5.90. The molecule has 162 valence electrons. The van der Waals surface area contributed by atoms with E-state index in [-0.39, 0.29) is 12.3 Å². The normalized spacial score (nSPS) is 10.9. The number of rotatable bonds is 9. The Morgan fingerprint density at radius 2 is 1.87 bits per heavy atom. The van der Waals surface area contributed by atoms with Crippen molar-refractivity contribution in [2.45, 2.75) is 59.0 Å². The number of nitrogens with one attached hydrogen (secondary N) is 2. The number of imidazole rings is 1. The fraction of sp³-hybridized carbons (Fsp3) is 0.409. The molecule has 0 aliphatic rings. The SMILES string of the molecule is CCCCn1c(CCC(=O)Nc2ccc(C#N)cc2)nc2c1c(=O)[nH]c(=O)n2CCC.